The maximum Gasteiger partial charge on any atom is 0.317 e. The van der Waals surface area contributed by atoms with Gasteiger partial charge in [0.05, 0.1) is 6.04 Å². The van der Waals surface area contributed by atoms with Crippen molar-refractivity contribution in [2.45, 2.75) is 39.2 Å². The highest BCUT2D eigenvalue weighted by Crippen LogP contribution is 2.34. The van der Waals surface area contributed by atoms with Crippen LogP contribution in [0.15, 0.2) is 35.7 Å². The molecule has 2 aromatic rings. The normalized spacial score (nSPS) is 15.3. The SMILES string of the molecule is CCCNC(=O)N(CCC)CC(=O)N1CCc2sccc2[C@H]1COc1cccc(F)c1. The molecule has 0 aliphatic carbocycles. The second-order valence-electron chi connectivity index (χ2n) is 7.57. The van der Waals surface area contributed by atoms with Crippen molar-refractivity contribution in [1.29, 1.82) is 0 Å². The number of hydrogen-bond acceptors (Lipinski definition) is 4. The van der Waals surface area contributed by atoms with Crippen LogP contribution in [0.1, 0.15) is 43.2 Å². The molecule has 0 bridgehead atoms. The Morgan fingerprint density at radius 1 is 1.29 bits per heavy atom. The summed E-state index contributed by atoms with van der Waals surface area (Å²) < 4.78 is 19.4. The smallest absolute Gasteiger partial charge is 0.317 e. The molecule has 0 saturated carbocycles. The number of carbonyl (C=O) groups is 2. The van der Waals surface area contributed by atoms with Crippen LogP contribution in [0.2, 0.25) is 0 Å². The first-order chi connectivity index (χ1) is 15.0. The first kappa shape index (κ1) is 23.1. The zero-order valence-corrected chi connectivity index (χ0v) is 18.9. The molecule has 3 amide bonds. The molecule has 0 spiro atoms. The standard InChI is InChI=1S/C23H30FN3O3S/c1-3-10-25-23(29)26(11-4-2)15-22(28)27-12-8-21-19(9-13-31-21)20(27)16-30-18-7-5-6-17(24)14-18/h5-7,9,13-14,20H,3-4,8,10-12,15-16H2,1-2H3,(H,25,29)/t20-/m1/s1. The molecule has 8 heteroatoms. The third kappa shape index (κ3) is 5.97. The lowest BCUT2D eigenvalue weighted by molar-refractivity contribution is -0.135. The van der Waals surface area contributed by atoms with E-state index in [4.69, 9.17) is 4.74 Å². The molecule has 168 valence electrons. The lowest BCUT2D eigenvalue weighted by Crippen LogP contribution is -2.50. The van der Waals surface area contributed by atoms with Crippen LogP contribution in [0.3, 0.4) is 0 Å². The Hall–Kier alpha value is -2.61. The molecule has 1 aromatic heterocycles. The van der Waals surface area contributed by atoms with Crippen LogP contribution in [0.25, 0.3) is 0 Å². The van der Waals surface area contributed by atoms with E-state index < -0.39 is 0 Å². The maximum absolute atomic E-state index is 13.5. The third-order valence-electron chi connectivity index (χ3n) is 5.25. The summed E-state index contributed by atoms with van der Waals surface area (Å²) in [7, 11) is 0. The topological polar surface area (TPSA) is 61.9 Å². The molecular weight excluding hydrogens is 417 g/mol. The van der Waals surface area contributed by atoms with Crippen LogP contribution >= 0.6 is 11.3 Å². The quantitative estimate of drug-likeness (QED) is 0.626. The lowest BCUT2D eigenvalue weighted by atomic mass is 10.0. The number of nitrogens with zero attached hydrogens (tertiary/aromatic N) is 2. The number of ether oxygens (including phenoxy) is 1. The van der Waals surface area contributed by atoms with E-state index in [1.165, 1.54) is 17.0 Å². The van der Waals surface area contributed by atoms with E-state index in [9.17, 15) is 14.0 Å². The van der Waals surface area contributed by atoms with Crippen molar-refractivity contribution in [2.24, 2.45) is 0 Å². The summed E-state index contributed by atoms with van der Waals surface area (Å²) in [6.07, 6.45) is 2.39. The molecule has 6 nitrogen and oxygen atoms in total. The van der Waals surface area contributed by atoms with Crippen LogP contribution in [-0.4, -0.2) is 54.5 Å². The van der Waals surface area contributed by atoms with Crippen molar-refractivity contribution in [1.82, 2.24) is 15.1 Å². The molecule has 0 saturated heterocycles. The number of fused-ring (bicyclic) bond motifs is 1. The van der Waals surface area contributed by atoms with Gasteiger partial charge in [-0.05, 0) is 48.4 Å². The van der Waals surface area contributed by atoms with Gasteiger partial charge in [0, 0.05) is 30.6 Å². The highest BCUT2D eigenvalue weighted by Gasteiger charge is 2.33. The lowest BCUT2D eigenvalue weighted by Gasteiger charge is -2.37. The van der Waals surface area contributed by atoms with Crippen molar-refractivity contribution >= 4 is 23.3 Å². The Labute approximate surface area is 187 Å². The Morgan fingerprint density at radius 3 is 2.87 bits per heavy atom. The fourth-order valence-corrected chi connectivity index (χ4v) is 4.65. The summed E-state index contributed by atoms with van der Waals surface area (Å²) in [5, 5.41) is 4.88. The fourth-order valence-electron chi connectivity index (χ4n) is 3.73. The molecule has 2 heterocycles. The molecular formula is C23H30FN3O3S. The largest absolute Gasteiger partial charge is 0.491 e. The van der Waals surface area contributed by atoms with Gasteiger partial charge in [0.25, 0.3) is 0 Å². The second kappa shape index (κ2) is 11.1. The minimum absolute atomic E-state index is 0.0271. The van der Waals surface area contributed by atoms with E-state index >= 15 is 0 Å². The number of amides is 3. The Bertz CT molecular complexity index is 888. The van der Waals surface area contributed by atoms with Crippen LogP contribution in [-0.2, 0) is 11.2 Å². The van der Waals surface area contributed by atoms with Crippen LogP contribution in [0.5, 0.6) is 5.75 Å². The molecule has 1 aliphatic heterocycles. The minimum Gasteiger partial charge on any atom is -0.491 e. The first-order valence-corrected chi connectivity index (χ1v) is 11.7. The van der Waals surface area contributed by atoms with Crippen molar-refractivity contribution in [2.75, 3.05) is 32.8 Å². The molecule has 0 unspecified atom stereocenters. The monoisotopic (exact) mass is 447 g/mol. The Kier molecular flexibility index (Phi) is 8.28. The summed E-state index contributed by atoms with van der Waals surface area (Å²) >= 11 is 1.67. The zero-order valence-electron chi connectivity index (χ0n) is 18.1. The van der Waals surface area contributed by atoms with Crippen molar-refractivity contribution in [3.05, 3.63) is 52.0 Å². The van der Waals surface area contributed by atoms with Crippen molar-refractivity contribution in [3.8, 4) is 5.75 Å². The molecule has 1 atom stereocenters. The summed E-state index contributed by atoms with van der Waals surface area (Å²) in [5.41, 5.74) is 1.07. The number of benzene rings is 1. The Morgan fingerprint density at radius 2 is 2.13 bits per heavy atom. The third-order valence-corrected chi connectivity index (χ3v) is 6.25. The van der Waals surface area contributed by atoms with Gasteiger partial charge in [0.15, 0.2) is 0 Å². The number of halogens is 1. The highest BCUT2D eigenvalue weighted by molar-refractivity contribution is 7.10. The van der Waals surface area contributed by atoms with Crippen LogP contribution < -0.4 is 10.1 Å². The van der Waals surface area contributed by atoms with Gasteiger partial charge in [-0.1, -0.05) is 19.9 Å². The van der Waals surface area contributed by atoms with Gasteiger partial charge in [-0.3, -0.25) is 4.79 Å². The van der Waals surface area contributed by atoms with Gasteiger partial charge in [0.2, 0.25) is 5.91 Å². The minimum atomic E-state index is -0.362. The summed E-state index contributed by atoms with van der Waals surface area (Å²) in [5.74, 6) is -0.0373. The van der Waals surface area contributed by atoms with Gasteiger partial charge in [-0.2, -0.15) is 0 Å². The van der Waals surface area contributed by atoms with E-state index in [0.717, 1.165) is 24.8 Å². The molecule has 1 aromatic carbocycles. The number of urea groups is 1. The molecule has 0 radical (unpaired) electrons. The van der Waals surface area contributed by atoms with Crippen LogP contribution in [0, 0.1) is 5.82 Å². The van der Waals surface area contributed by atoms with E-state index in [0.29, 0.717) is 25.4 Å². The average Bonchev–Trinajstić information content (AvgIpc) is 3.24. The number of nitrogens with one attached hydrogen (secondary N) is 1. The maximum atomic E-state index is 13.5. The number of carbonyl (C=O) groups excluding carboxylic acids is 2. The average molecular weight is 448 g/mol. The van der Waals surface area contributed by atoms with Crippen molar-refractivity contribution < 1.29 is 18.7 Å². The molecule has 1 N–H and O–H groups in total. The first-order valence-electron chi connectivity index (χ1n) is 10.8. The Balaban J connectivity index is 1.73. The predicted octanol–water partition coefficient (Wildman–Crippen LogP) is 4.22. The molecule has 3 rings (SSSR count). The molecule has 31 heavy (non-hydrogen) atoms. The van der Waals surface area contributed by atoms with E-state index in [1.54, 1.807) is 33.3 Å². The van der Waals surface area contributed by atoms with E-state index in [2.05, 4.69) is 5.32 Å². The van der Waals surface area contributed by atoms with Crippen LogP contribution in [0.4, 0.5) is 9.18 Å². The fraction of sp³-hybridized carbons (Fsp3) is 0.478. The number of rotatable bonds is 9. The predicted molar refractivity (Wildman–Crippen MR) is 120 cm³/mol. The van der Waals surface area contributed by atoms with Gasteiger partial charge in [-0.25, -0.2) is 9.18 Å². The summed E-state index contributed by atoms with van der Waals surface area (Å²) in [6.45, 7) is 5.90. The van der Waals surface area contributed by atoms with E-state index in [1.807, 2.05) is 25.3 Å². The van der Waals surface area contributed by atoms with Crippen molar-refractivity contribution in [3.63, 3.8) is 0 Å². The highest BCUT2D eigenvalue weighted by atomic mass is 32.1. The van der Waals surface area contributed by atoms with Gasteiger partial charge < -0.3 is 19.9 Å². The van der Waals surface area contributed by atoms with Gasteiger partial charge in [-0.15, -0.1) is 11.3 Å². The zero-order chi connectivity index (χ0) is 22.2. The molecule has 0 fully saturated rings. The summed E-state index contributed by atoms with van der Waals surface area (Å²) in [6, 6.07) is 7.55. The summed E-state index contributed by atoms with van der Waals surface area (Å²) in [4.78, 5) is 30.3. The van der Waals surface area contributed by atoms with E-state index in [-0.39, 0.29) is 36.9 Å². The number of thiophene rings is 1. The van der Waals surface area contributed by atoms with Gasteiger partial charge in [0.1, 0.15) is 24.7 Å². The molecule has 1 aliphatic rings. The number of hydrogen-bond donors (Lipinski definition) is 1. The van der Waals surface area contributed by atoms with Gasteiger partial charge >= 0.3 is 6.03 Å². The second-order valence-corrected chi connectivity index (χ2v) is 8.57.